The van der Waals surface area contributed by atoms with E-state index in [9.17, 15) is 18.0 Å². The van der Waals surface area contributed by atoms with Crippen LogP contribution in [0.1, 0.15) is 35.3 Å². The summed E-state index contributed by atoms with van der Waals surface area (Å²) in [5.41, 5.74) is -0.649. The fourth-order valence-electron chi connectivity index (χ4n) is 2.61. The monoisotopic (exact) mass is 381 g/mol. The summed E-state index contributed by atoms with van der Waals surface area (Å²) in [6.07, 6.45) is -4.41. The second-order valence-electron chi connectivity index (χ2n) is 6.71. The first kappa shape index (κ1) is 20.6. The highest BCUT2D eigenvalue weighted by Crippen LogP contribution is 2.32. The zero-order valence-electron chi connectivity index (χ0n) is 15.6. The molecule has 0 saturated carbocycles. The number of hydrogen-bond donors (Lipinski definition) is 1. The predicted molar refractivity (Wildman–Crippen MR) is 96.3 cm³/mol. The number of hydrogen-bond acceptors (Lipinski definition) is 3. The Hall–Kier alpha value is -2.70. The molecule has 27 heavy (non-hydrogen) atoms. The van der Waals surface area contributed by atoms with Gasteiger partial charge in [-0.05, 0) is 29.8 Å². The van der Waals surface area contributed by atoms with E-state index in [2.05, 4.69) is 5.32 Å². The molecule has 0 heterocycles. The quantitative estimate of drug-likeness (QED) is 0.805. The van der Waals surface area contributed by atoms with E-state index in [1.165, 1.54) is 20.3 Å². The maximum absolute atomic E-state index is 13.0. The van der Waals surface area contributed by atoms with Gasteiger partial charge in [-0.1, -0.05) is 32.0 Å². The number of carbonyl (C=O) groups is 1. The summed E-state index contributed by atoms with van der Waals surface area (Å²) in [7, 11) is 2.94. The Morgan fingerprint density at radius 3 is 2.26 bits per heavy atom. The molecule has 1 amide bonds. The molecule has 0 unspecified atom stereocenters. The van der Waals surface area contributed by atoms with Crippen LogP contribution in [0.25, 0.3) is 0 Å². The molecule has 2 aromatic carbocycles. The smallest absolute Gasteiger partial charge is 0.416 e. The molecule has 0 spiro atoms. The van der Waals surface area contributed by atoms with Crippen LogP contribution in [-0.2, 0) is 11.6 Å². The van der Waals surface area contributed by atoms with Crippen molar-refractivity contribution in [2.45, 2.75) is 25.4 Å². The van der Waals surface area contributed by atoms with E-state index < -0.39 is 23.1 Å². The number of benzene rings is 2. The molecule has 4 nitrogen and oxygen atoms in total. The highest BCUT2D eigenvalue weighted by atomic mass is 19.4. The summed E-state index contributed by atoms with van der Waals surface area (Å²) in [4.78, 5) is 12.6. The van der Waals surface area contributed by atoms with Crippen LogP contribution in [0.4, 0.5) is 13.2 Å². The van der Waals surface area contributed by atoms with Crippen molar-refractivity contribution in [3.63, 3.8) is 0 Å². The maximum atomic E-state index is 13.0. The normalized spacial score (nSPS) is 11.8. The lowest BCUT2D eigenvalue weighted by atomic mass is 9.83. The molecule has 146 valence electrons. The van der Waals surface area contributed by atoms with Crippen LogP contribution in [0.15, 0.2) is 42.5 Å². The van der Waals surface area contributed by atoms with Gasteiger partial charge in [-0.25, -0.2) is 0 Å². The predicted octanol–water partition coefficient (Wildman–Crippen LogP) is 4.43. The van der Waals surface area contributed by atoms with E-state index in [-0.39, 0.29) is 12.1 Å². The molecule has 0 fully saturated rings. The van der Waals surface area contributed by atoms with E-state index in [1.807, 2.05) is 0 Å². The average molecular weight is 381 g/mol. The van der Waals surface area contributed by atoms with E-state index in [4.69, 9.17) is 9.47 Å². The lowest BCUT2D eigenvalue weighted by Crippen LogP contribution is -2.37. The first-order chi connectivity index (χ1) is 12.6. The average Bonchev–Trinajstić information content (AvgIpc) is 2.65. The summed E-state index contributed by atoms with van der Waals surface area (Å²) in [6, 6.07) is 9.96. The molecule has 2 rings (SSSR count). The zero-order valence-corrected chi connectivity index (χ0v) is 15.6. The summed E-state index contributed by atoms with van der Waals surface area (Å²) < 4.78 is 49.2. The van der Waals surface area contributed by atoms with Crippen molar-refractivity contribution in [2.75, 3.05) is 20.8 Å². The maximum Gasteiger partial charge on any atom is 0.416 e. The first-order valence-corrected chi connectivity index (χ1v) is 8.26. The van der Waals surface area contributed by atoms with Crippen LogP contribution >= 0.6 is 0 Å². The molecule has 1 N–H and O–H groups in total. The van der Waals surface area contributed by atoms with Gasteiger partial charge in [0.25, 0.3) is 5.91 Å². The Kier molecular flexibility index (Phi) is 6.03. The van der Waals surface area contributed by atoms with Crippen LogP contribution in [-0.4, -0.2) is 26.7 Å². The zero-order chi connectivity index (χ0) is 20.2. The van der Waals surface area contributed by atoms with Crippen molar-refractivity contribution in [3.8, 4) is 11.5 Å². The molecular weight excluding hydrogens is 359 g/mol. The third-order valence-corrected chi connectivity index (χ3v) is 4.31. The number of alkyl halides is 3. The van der Waals surface area contributed by atoms with Gasteiger partial charge in [0.1, 0.15) is 11.5 Å². The lowest BCUT2D eigenvalue weighted by Gasteiger charge is -2.26. The van der Waals surface area contributed by atoms with Gasteiger partial charge in [0.2, 0.25) is 0 Å². The molecule has 0 saturated heterocycles. The summed E-state index contributed by atoms with van der Waals surface area (Å²) >= 11 is 0. The van der Waals surface area contributed by atoms with Crippen molar-refractivity contribution in [1.82, 2.24) is 5.32 Å². The molecular formula is C20H22F3NO3. The van der Waals surface area contributed by atoms with Gasteiger partial charge in [0.05, 0.1) is 25.3 Å². The Morgan fingerprint density at radius 2 is 1.67 bits per heavy atom. The number of ether oxygens (including phenoxy) is 2. The number of methoxy groups -OCH3 is 2. The van der Waals surface area contributed by atoms with Gasteiger partial charge < -0.3 is 14.8 Å². The number of amides is 1. The van der Waals surface area contributed by atoms with Crippen molar-refractivity contribution in [3.05, 3.63) is 59.2 Å². The Bertz CT molecular complexity index is 816. The SMILES string of the molecule is COc1ccc(OC)c(C(=O)NCC(C)(C)c2cccc(C(F)(F)F)c2)c1. The number of halogens is 3. The minimum atomic E-state index is -4.41. The Labute approximate surface area is 156 Å². The fraction of sp³-hybridized carbons (Fsp3) is 0.350. The Morgan fingerprint density at radius 1 is 1.00 bits per heavy atom. The van der Waals surface area contributed by atoms with E-state index >= 15 is 0 Å². The first-order valence-electron chi connectivity index (χ1n) is 8.26. The summed E-state index contributed by atoms with van der Waals surface area (Å²) in [5, 5.41) is 2.77. The molecule has 2 aromatic rings. The van der Waals surface area contributed by atoms with Crippen LogP contribution in [0.3, 0.4) is 0 Å². The highest BCUT2D eigenvalue weighted by Gasteiger charge is 2.32. The van der Waals surface area contributed by atoms with Gasteiger partial charge in [0, 0.05) is 12.0 Å². The number of nitrogens with one attached hydrogen (secondary N) is 1. The van der Waals surface area contributed by atoms with Crippen molar-refractivity contribution < 1.29 is 27.4 Å². The molecule has 7 heteroatoms. The van der Waals surface area contributed by atoms with Gasteiger partial charge >= 0.3 is 6.18 Å². The van der Waals surface area contributed by atoms with Gasteiger partial charge in [0.15, 0.2) is 0 Å². The van der Waals surface area contributed by atoms with Gasteiger partial charge in [-0.3, -0.25) is 4.79 Å². The second kappa shape index (κ2) is 7.90. The van der Waals surface area contributed by atoms with E-state index in [0.29, 0.717) is 17.1 Å². The number of carbonyl (C=O) groups excluding carboxylic acids is 1. The molecule has 0 aliphatic rings. The standard InChI is InChI=1S/C20H22F3NO3/c1-19(2,13-6-5-7-14(10-13)20(21,22)23)12-24-18(25)16-11-15(26-3)8-9-17(16)27-4/h5-11H,12H2,1-4H3,(H,24,25). The second-order valence-corrected chi connectivity index (χ2v) is 6.71. The number of rotatable bonds is 6. The molecule has 0 aliphatic carbocycles. The third kappa shape index (κ3) is 4.93. The third-order valence-electron chi connectivity index (χ3n) is 4.31. The summed E-state index contributed by atoms with van der Waals surface area (Å²) in [6.45, 7) is 3.69. The van der Waals surface area contributed by atoms with Gasteiger partial charge in [-0.2, -0.15) is 13.2 Å². The van der Waals surface area contributed by atoms with Crippen LogP contribution in [0, 0.1) is 0 Å². The van der Waals surface area contributed by atoms with Crippen LogP contribution in [0.5, 0.6) is 11.5 Å². The highest BCUT2D eigenvalue weighted by molar-refractivity contribution is 5.97. The minimum absolute atomic E-state index is 0.146. The molecule has 0 aliphatic heterocycles. The topological polar surface area (TPSA) is 47.6 Å². The van der Waals surface area contributed by atoms with Crippen LogP contribution in [0.2, 0.25) is 0 Å². The molecule has 0 aromatic heterocycles. The van der Waals surface area contributed by atoms with E-state index in [0.717, 1.165) is 12.1 Å². The van der Waals surface area contributed by atoms with E-state index in [1.54, 1.807) is 38.1 Å². The van der Waals surface area contributed by atoms with Crippen LogP contribution < -0.4 is 14.8 Å². The Balaban J connectivity index is 2.19. The largest absolute Gasteiger partial charge is 0.497 e. The lowest BCUT2D eigenvalue weighted by molar-refractivity contribution is -0.137. The fourth-order valence-corrected chi connectivity index (χ4v) is 2.61. The van der Waals surface area contributed by atoms with Crippen molar-refractivity contribution in [2.24, 2.45) is 0 Å². The minimum Gasteiger partial charge on any atom is -0.497 e. The van der Waals surface area contributed by atoms with Crippen molar-refractivity contribution in [1.29, 1.82) is 0 Å². The molecule has 0 bridgehead atoms. The molecule has 0 radical (unpaired) electrons. The van der Waals surface area contributed by atoms with Crippen molar-refractivity contribution >= 4 is 5.91 Å². The molecule has 0 atom stereocenters. The summed E-state index contributed by atoms with van der Waals surface area (Å²) in [5.74, 6) is 0.481. The van der Waals surface area contributed by atoms with Gasteiger partial charge in [-0.15, -0.1) is 0 Å².